The molecular formula is C24H19N3OS. The molecule has 2 aliphatic heterocycles. The van der Waals surface area contributed by atoms with Crippen molar-refractivity contribution in [3.8, 4) is 0 Å². The molecule has 4 nitrogen and oxygen atoms in total. The van der Waals surface area contributed by atoms with E-state index in [-0.39, 0.29) is 11.7 Å². The van der Waals surface area contributed by atoms with E-state index in [2.05, 4.69) is 11.4 Å². The summed E-state index contributed by atoms with van der Waals surface area (Å²) < 4.78 is 0. The number of para-hydroxylation sites is 1. The van der Waals surface area contributed by atoms with Gasteiger partial charge in [0, 0.05) is 10.5 Å². The lowest BCUT2D eigenvalue weighted by atomic mass is 9.93. The number of nitrogens with zero attached hydrogens (tertiary/aromatic N) is 1. The van der Waals surface area contributed by atoms with Crippen molar-refractivity contribution in [3.05, 3.63) is 107 Å². The molecule has 0 radical (unpaired) electrons. The number of fused-ring (bicyclic) bond motifs is 1. The second kappa shape index (κ2) is 7.26. The van der Waals surface area contributed by atoms with Crippen molar-refractivity contribution in [1.29, 1.82) is 5.41 Å². The Morgan fingerprint density at radius 1 is 0.897 bits per heavy atom. The summed E-state index contributed by atoms with van der Waals surface area (Å²) in [6, 6.07) is 27.7. The van der Waals surface area contributed by atoms with Gasteiger partial charge in [-0.3, -0.25) is 15.1 Å². The number of benzene rings is 3. The van der Waals surface area contributed by atoms with Crippen LogP contribution in [0.1, 0.15) is 17.0 Å². The van der Waals surface area contributed by atoms with Gasteiger partial charge < -0.3 is 5.32 Å². The fraction of sp³-hybridized carbons (Fsp3) is 0.0833. The molecule has 142 valence electrons. The number of likely N-dealkylation sites (tertiary alicyclic amines) is 1. The van der Waals surface area contributed by atoms with Crippen molar-refractivity contribution in [3.63, 3.8) is 0 Å². The zero-order chi connectivity index (χ0) is 19.8. The van der Waals surface area contributed by atoms with Gasteiger partial charge in [-0.25, -0.2) is 0 Å². The summed E-state index contributed by atoms with van der Waals surface area (Å²) >= 11 is 1.59. The lowest BCUT2D eigenvalue weighted by molar-refractivity contribution is -0.127. The standard InChI is InChI=1S/C24H19N3OS/c25-22-21(23-26-18-13-7-8-14-19(18)29-23)20(17-11-5-2-6-12-17)24(28)27(22)15-16-9-3-1-4-10-16/h1-14,20,25-26H,15H2. The SMILES string of the molecule is N=C1C(=C2Nc3ccccc3S2)C(c2ccccc2)C(=O)N1Cc1ccccc1. The minimum absolute atomic E-state index is 0.0501. The van der Waals surface area contributed by atoms with Crippen LogP contribution >= 0.6 is 11.8 Å². The van der Waals surface area contributed by atoms with Gasteiger partial charge in [0.15, 0.2) is 0 Å². The minimum Gasteiger partial charge on any atom is -0.349 e. The molecule has 29 heavy (non-hydrogen) atoms. The summed E-state index contributed by atoms with van der Waals surface area (Å²) in [6.07, 6.45) is 0. The third kappa shape index (κ3) is 3.13. The first kappa shape index (κ1) is 17.8. The van der Waals surface area contributed by atoms with Crippen LogP contribution in [0.5, 0.6) is 0 Å². The summed E-state index contributed by atoms with van der Waals surface area (Å²) in [5, 5.41) is 13.2. The molecule has 0 aliphatic carbocycles. The Labute approximate surface area is 173 Å². The number of amides is 1. The maximum atomic E-state index is 13.5. The molecule has 5 rings (SSSR count). The van der Waals surface area contributed by atoms with E-state index in [0.717, 1.165) is 32.3 Å². The number of anilines is 1. The Morgan fingerprint density at radius 2 is 1.55 bits per heavy atom. The van der Waals surface area contributed by atoms with Gasteiger partial charge in [0.05, 0.1) is 23.2 Å². The highest BCUT2D eigenvalue weighted by atomic mass is 32.2. The normalized spacial score (nSPS) is 20.7. The van der Waals surface area contributed by atoms with Crippen molar-refractivity contribution in [2.75, 3.05) is 5.32 Å². The minimum atomic E-state index is -0.475. The highest BCUT2D eigenvalue weighted by Gasteiger charge is 2.44. The average molecular weight is 398 g/mol. The van der Waals surface area contributed by atoms with Crippen LogP contribution < -0.4 is 5.32 Å². The number of hydrogen-bond acceptors (Lipinski definition) is 4. The van der Waals surface area contributed by atoms with Crippen LogP contribution in [-0.4, -0.2) is 16.6 Å². The van der Waals surface area contributed by atoms with E-state index >= 15 is 0 Å². The Hall–Kier alpha value is -3.31. The zero-order valence-electron chi connectivity index (χ0n) is 15.6. The second-order valence-corrected chi connectivity index (χ2v) is 8.12. The molecule has 0 spiro atoms. The Bertz CT molecular complexity index is 1100. The number of carbonyl (C=O) groups is 1. The van der Waals surface area contributed by atoms with Crippen molar-refractivity contribution >= 4 is 29.2 Å². The Kier molecular flexibility index (Phi) is 4.45. The topological polar surface area (TPSA) is 56.2 Å². The van der Waals surface area contributed by atoms with E-state index < -0.39 is 5.92 Å². The highest BCUT2D eigenvalue weighted by Crippen LogP contribution is 2.47. The summed E-state index contributed by atoms with van der Waals surface area (Å²) in [7, 11) is 0. The average Bonchev–Trinajstić information content (AvgIpc) is 3.29. The maximum Gasteiger partial charge on any atom is 0.240 e. The van der Waals surface area contributed by atoms with Gasteiger partial charge in [-0.1, -0.05) is 84.6 Å². The fourth-order valence-corrected chi connectivity index (χ4v) is 4.91. The predicted molar refractivity (Wildman–Crippen MR) is 117 cm³/mol. The Morgan fingerprint density at radius 3 is 2.28 bits per heavy atom. The molecule has 1 fully saturated rings. The van der Waals surface area contributed by atoms with Crippen molar-refractivity contribution in [1.82, 2.24) is 4.90 Å². The molecule has 2 heterocycles. The molecule has 5 heteroatoms. The van der Waals surface area contributed by atoms with Gasteiger partial charge in [-0.05, 0) is 23.3 Å². The molecule has 0 saturated carbocycles. The molecule has 1 saturated heterocycles. The zero-order valence-corrected chi connectivity index (χ0v) is 16.4. The number of hydrogen-bond donors (Lipinski definition) is 2. The van der Waals surface area contributed by atoms with Gasteiger partial charge >= 0.3 is 0 Å². The smallest absolute Gasteiger partial charge is 0.240 e. The van der Waals surface area contributed by atoms with E-state index in [9.17, 15) is 4.79 Å². The molecule has 3 aromatic rings. The van der Waals surface area contributed by atoms with Crippen LogP contribution in [0.4, 0.5) is 5.69 Å². The van der Waals surface area contributed by atoms with Crippen LogP contribution in [0.3, 0.4) is 0 Å². The molecule has 1 atom stereocenters. The first-order chi connectivity index (χ1) is 14.2. The molecule has 2 aliphatic rings. The first-order valence-electron chi connectivity index (χ1n) is 9.49. The molecular weight excluding hydrogens is 378 g/mol. The monoisotopic (exact) mass is 397 g/mol. The molecule has 1 unspecified atom stereocenters. The predicted octanol–water partition coefficient (Wildman–Crippen LogP) is 5.22. The highest BCUT2D eigenvalue weighted by molar-refractivity contribution is 8.03. The molecule has 1 amide bonds. The van der Waals surface area contributed by atoms with Crippen LogP contribution in [-0.2, 0) is 11.3 Å². The molecule has 0 bridgehead atoms. The van der Waals surface area contributed by atoms with Gasteiger partial charge in [-0.15, -0.1) is 0 Å². The first-order valence-corrected chi connectivity index (χ1v) is 10.3. The number of nitrogens with one attached hydrogen (secondary N) is 2. The van der Waals surface area contributed by atoms with E-state index in [1.807, 2.05) is 78.9 Å². The van der Waals surface area contributed by atoms with E-state index in [1.54, 1.807) is 16.7 Å². The van der Waals surface area contributed by atoms with Crippen LogP contribution in [0, 0.1) is 5.41 Å². The van der Waals surface area contributed by atoms with Crippen LogP contribution in [0.25, 0.3) is 0 Å². The van der Waals surface area contributed by atoms with Crippen LogP contribution in [0.2, 0.25) is 0 Å². The fourth-order valence-electron chi connectivity index (χ4n) is 3.83. The number of amidine groups is 1. The van der Waals surface area contributed by atoms with Gasteiger partial charge in [0.25, 0.3) is 0 Å². The van der Waals surface area contributed by atoms with Crippen molar-refractivity contribution in [2.45, 2.75) is 17.4 Å². The third-order valence-corrected chi connectivity index (χ3v) is 6.34. The van der Waals surface area contributed by atoms with E-state index in [1.165, 1.54) is 0 Å². The molecule has 3 aromatic carbocycles. The lowest BCUT2D eigenvalue weighted by Crippen LogP contribution is -2.29. The lowest BCUT2D eigenvalue weighted by Gasteiger charge is -2.16. The summed E-state index contributed by atoms with van der Waals surface area (Å²) in [4.78, 5) is 16.2. The van der Waals surface area contributed by atoms with Crippen molar-refractivity contribution in [2.24, 2.45) is 0 Å². The van der Waals surface area contributed by atoms with Gasteiger partial charge in [0.1, 0.15) is 5.84 Å². The summed E-state index contributed by atoms with van der Waals surface area (Å²) in [5.41, 5.74) is 3.70. The Balaban J connectivity index is 1.59. The largest absolute Gasteiger partial charge is 0.349 e. The third-order valence-electron chi connectivity index (χ3n) is 5.24. The maximum absolute atomic E-state index is 13.5. The van der Waals surface area contributed by atoms with Crippen molar-refractivity contribution < 1.29 is 4.79 Å². The number of carbonyl (C=O) groups excluding carboxylic acids is 1. The van der Waals surface area contributed by atoms with Gasteiger partial charge in [-0.2, -0.15) is 0 Å². The molecule has 0 aromatic heterocycles. The number of thioether (sulfide) groups is 1. The van der Waals surface area contributed by atoms with E-state index in [0.29, 0.717) is 6.54 Å². The van der Waals surface area contributed by atoms with Gasteiger partial charge in [0.2, 0.25) is 5.91 Å². The van der Waals surface area contributed by atoms with E-state index in [4.69, 9.17) is 5.41 Å². The summed E-state index contributed by atoms with van der Waals surface area (Å²) in [6.45, 7) is 0.399. The quantitative estimate of drug-likeness (QED) is 0.637. The second-order valence-electron chi connectivity index (χ2n) is 7.07. The summed E-state index contributed by atoms with van der Waals surface area (Å²) in [5.74, 6) is -0.252. The molecule has 2 N–H and O–H groups in total. The number of rotatable bonds is 3. The van der Waals surface area contributed by atoms with Crippen LogP contribution in [0.15, 0.2) is 100 Å².